The lowest BCUT2D eigenvalue weighted by Gasteiger charge is -2.14. The molecule has 1 heterocycles. The molecule has 4 nitrogen and oxygen atoms in total. The number of imidazole rings is 1. The zero-order valence-electron chi connectivity index (χ0n) is 11.7. The Hall–Kier alpha value is -1.88. The first-order chi connectivity index (χ1) is 9.61. The van der Waals surface area contributed by atoms with E-state index in [4.69, 9.17) is 4.74 Å². The third kappa shape index (κ3) is 3.36. The molecule has 1 atom stereocenters. The molecule has 0 bridgehead atoms. The fourth-order valence-electron chi connectivity index (χ4n) is 2.04. The molecule has 1 aromatic carbocycles. The van der Waals surface area contributed by atoms with Crippen LogP contribution in [0.5, 0.6) is 5.75 Å². The number of ether oxygens (including phenoxy) is 1. The number of aromatic nitrogens is 2. The summed E-state index contributed by atoms with van der Waals surface area (Å²) < 4.78 is 20.9. The van der Waals surface area contributed by atoms with E-state index in [9.17, 15) is 9.50 Å². The normalized spacial score (nSPS) is 12.4. The van der Waals surface area contributed by atoms with Crippen molar-refractivity contribution < 1.29 is 14.2 Å². The zero-order valence-corrected chi connectivity index (χ0v) is 11.7. The van der Waals surface area contributed by atoms with Gasteiger partial charge in [-0.1, -0.05) is 6.92 Å². The second-order valence-electron chi connectivity index (χ2n) is 4.73. The first-order valence-corrected chi connectivity index (χ1v) is 6.71. The number of halogens is 1. The van der Waals surface area contributed by atoms with Crippen LogP contribution in [0, 0.1) is 5.82 Å². The van der Waals surface area contributed by atoms with Crippen LogP contribution in [0.15, 0.2) is 30.7 Å². The van der Waals surface area contributed by atoms with Crippen molar-refractivity contribution in [1.29, 1.82) is 0 Å². The van der Waals surface area contributed by atoms with E-state index in [1.807, 2.05) is 4.57 Å². The van der Waals surface area contributed by atoms with E-state index in [2.05, 4.69) is 11.9 Å². The number of aryl methyl sites for hydroxylation is 1. The van der Waals surface area contributed by atoms with Crippen molar-refractivity contribution in [3.05, 3.63) is 47.8 Å². The molecule has 0 aliphatic carbocycles. The maximum atomic E-state index is 13.3. The summed E-state index contributed by atoms with van der Waals surface area (Å²) in [5, 5.41) is 9.67. The summed E-state index contributed by atoms with van der Waals surface area (Å²) >= 11 is 0. The number of aliphatic hydroxyl groups is 1. The number of benzene rings is 1. The summed E-state index contributed by atoms with van der Waals surface area (Å²) in [5.74, 6) is -0.0179. The van der Waals surface area contributed by atoms with E-state index >= 15 is 0 Å². The van der Waals surface area contributed by atoms with Crippen molar-refractivity contribution in [3.8, 4) is 5.75 Å². The van der Waals surface area contributed by atoms with Gasteiger partial charge < -0.3 is 14.4 Å². The van der Waals surface area contributed by atoms with Crippen LogP contribution in [-0.4, -0.2) is 14.7 Å². The smallest absolute Gasteiger partial charge is 0.130 e. The van der Waals surface area contributed by atoms with Crippen LogP contribution in [0.1, 0.15) is 37.6 Å². The average Bonchev–Trinajstić information content (AvgIpc) is 2.84. The van der Waals surface area contributed by atoms with Gasteiger partial charge in [0.15, 0.2) is 0 Å². The van der Waals surface area contributed by atoms with Gasteiger partial charge in [-0.25, -0.2) is 9.37 Å². The molecule has 1 aromatic heterocycles. The van der Waals surface area contributed by atoms with Gasteiger partial charge in [-0.05, 0) is 25.5 Å². The molecule has 0 spiro atoms. The Morgan fingerprint density at radius 1 is 1.45 bits per heavy atom. The average molecular weight is 278 g/mol. The highest BCUT2D eigenvalue weighted by Gasteiger charge is 2.11. The Bertz CT molecular complexity index is 567. The first kappa shape index (κ1) is 14.5. The summed E-state index contributed by atoms with van der Waals surface area (Å²) in [7, 11) is 0. The Balaban J connectivity index is 2.14. The van der Waals surface area contributed by atoms with Gasteiger partial charge in [0.25, 0.3) is 0 Å². The lowest BCUT2D eigenvalue weighted by molar-refractivity contribution is 0.189. The monoisotopic (exact) mass is 278 g/mol. The SMILES string of the molecule is CCCn1cncc1COc1cc(F)ccc1C(C)O. The van der Waals surface area contributed by atoms with E-state index in [-0.39, 0.29) is 5.82 Å². The molecule has 108 valence electrons. The van der Waals surface area contributed by atoms with Gasteiger partial charge in [-0.2, -0.15) is 0 Å². The predicted molar refractivity (Wildman–Crippen MR) is 73.9 cm³/mol. The van der Waals surface area contributed by atoms with Crippen molar-refractivity contribution >= 4 is 0 Å². The van der Waals surface area contributed by atoms with Gasteiger partial charge in [0, 0.05) is 18.2 Å². The number of hydrogen-bond donors (Lipinski definition) is 1. The maximum Gasteiger partial charge on any atom is 0.130 e. The summed E-state index contributed by atoms with van der Waals surface area (Å²) in [6.07, 6.45) is 3.79. The van der Waals surface area contributed by atoms with Crippen molar-refractivity contribution in [2.45, 2.75) is 39.5 Å². The predicted octanol–water partition coefficient (Wildman–Crippen LogP) is 3.06. The molecule has 0 amide bonds. The third-order valence-electron chi connectivity index (χ3n) is 3.06. The topological polar surface area (TPSA) is 47.3 Å². The summed E-state index contributed by atoms with van der Waals surface area (Å²) in [4.78, 5) is 4.09. The highest BCUT2D eigenvalue weighted by Crippen LogP contribution is 2.26. The molecule has 2 aromatic rings. The minimum Gasteiger partial charge on any atom is -0.487 e. The van der Waals surface area contributed by atoms with E-state index < -0.39 is 6.10 Å². The number of aliphatic hydroxyl groups excluding tert-OH is 1. The second kappa shape index (κ2) is 6.52. The number of hydrogen-bond acceptors (Lipinski definition) is 3. The van der Waals surface area contributed by atoms with Gasteiger partial charge in [-0.3, -0.25) is 0 Å². The van der Waals surface area contributed by atoms with Gasteiger partial charge >= 0.3 is 0 Å². The minimum atomic E-state index is -0.703. The molecule has 20 heavy (non-hydrogen) atoms. The van der Waals surface area contributed by atoms with Gasteiger partial charge in [0.05, 0.1) is 24.3 Å². The molecule has 0 saturated heterocycles. The molecule has 5 heteroatoms. The molecule has 0 aliphatic heterocycles. The standard InChI is InChI=1S/C15H19FN2O2/c1-3-6-18-10-17-8-13(18)9-20-15-7-12(16)4-5-14(15)11(2)19/h4-5,7-8,10-11,19H,3,6,9H2,1-2H3. The Morgan fingerprint density at radius 3 is 2.95 bits per heavy atom. The van der Waals surface area contributed by atoms with Crippen LogP contribution in [0.3, 0.4) is 0 Å². The fourth-order valence-corrected chi connectivity index (χ4v) is 2.04. The van der Waals surface area contributed by atoms with Crippen molar-refractivity contribution in [2.75, 3.05) is 0 Å². The summed E-state index contributed by atoms with van der Waals surface area (Å²) in [5.41, 5.74) is 1.50. The molecule has 1 N–H and O–H groups in total. The van der Waals surface area contributed by atoms with E-state index in [0.717, 1.165) is 18.7 Å². The number of nitrogens with zero attached hydrogens (tertiary/aromatic N) is 2. The van der Waals surface area contributed by atoms with Crippen LogP contribution in [0.2, 0.25) is 0 Å². The lowest BCUT2D eigenvalue weighted by atomic mass is 10.1. The van der Waals surface area contributed by atoms with Gasteiger partial charge in [-0.15, -0.1) is 0 Å². The highest BCUT2D eigenvalue weighted by molar-refractivity contribution is 5.35. The zero-order chi connectivity index (χ0) is 14.5. The van der Waals surface area contributed by atoms with Crippen LogP contribution in [-0.2, 0) is 13.2 Å². The summed E-state index contributed by atoms with van der Waals surface area (Å²) in [6.45, 7) is 4.87. The third-order valence-corrected chi connectivity index (χ3v) is 3.06. The molecule has 0 radical (unpaired) electrons. The maximum absolute atomic E-state index is 13.3. The lowest BCUT2D eigenvalue weighted by Crippen LogP contribution is -2.07. The quantitative estimate of drug-likeness (QED) is 0.883. The molecule has 0 aliphatic rings. The Labute approximate surface area is 117 Å². The minimum absolute atomic E-state index is 0.295. The molecule has 1 unspecified atom stereocenters. The largest absolute Gasteiger partial charge is 0.487 e. The molecule has 0 saturated carbocycles. The van der Waals surface area contributed by atoms with E-state index in [1.54, 1.807) is 25.5 Å². The highest BCUT2D eigenvalue weighted by atomic mass is 19.1. The van der Waals surface area contributed by atoms with Crippen LogP contribution in [0.4, 0.5) is 4.39 Å². The Kier molecular flexibility index (Phi) is 4.74. The van der Waals surface area contributed by atoms with Crippen molar-refractivity contribution in [2.24, 2.45) is 0 Å². The molecule has 2 rings (SSSR count). The van der Waals surface area contributed by atoms with E-state index in [1.165, 1.54) is 12.1 Å². The first-order valence-electron chi connectivity index (χ1n) is 6.71. The summed E-state index contributed by atoms with van der Waals surface area (Å²) in [6, 6.07) is 4.15. The van der Waals surface area contributed by atoms with Crippen LogP contribution < -0.4 is 4.74 Å². The van der Waals surface area contributed by atoms with Crippen molar-refractivity contribution in [1.82, 2.24) is 9.55 Å². The second-order valence-corrected chi connectivity index (χ2v) is 4.73. The van der Waals surface area contributed by atoms with Crippen LogP contribution >= 0.6 is 0 Å². The van der Waals surface area contributed by atoms with Gasteiger partial charge in [0.1, 0.15) is 18.2 Å². The fraction of sp³-hybridized carbons (Fsp3) is 0.400. The molecular formula is C15H19FN2O2. The molecular weight excluding hydrogens is 259 g/mol. The molecule has 0 fully saturated rings. The number of rotatable bonds is 6. The van der Waals surface area contributed by atoms with E-state index in [0.29, 0.717) is 17.9 Å². The van der Waals surface area contributed by atoms with Crippen LogP contribution in [0.25, 0.3) is 0 Å². The van der Waals surface area contributed by atoms with Gasteiger partial charge in [0.2, 0.25) is 0 Å². The van der Waals surface area contributed by atoms with Crippen molar-refractivity contribution in [3.63, 3.8) is 0 Å². The Morgan fingerprint density at radius 2 is 2.25 bits per heavy atom.